The van der Waals surface area contributed by atoms with E-state index in [9.17, 15) is 4.79 Å². The number of carbonyl (C=O) groups excluding carboxylic acids is 1. The van der Waals surface area contributed by atoms with E-state index in [1.165, 1.54) is 11.3 Å². The number of pyridine rings is 1. The van der Waals surface area contributed by atoms with E-state index in [1.54, 1.807) is 13.3 Å². The molecule has 0 saturated carbocycles. The molecule has 0 aliphatic rings. The zero-order valence-electron chi connectivity index (χ0n) is 18.0. The highest BCUT2D eigenvalue weighted by Crippen LogP contribution is 2.30. The average molecular weight is 455 g/mol. The van der Waals surface area contributed by atoms with Crippen molar-refractivity contribution in [2.75, 3.05) is 19.0 Å². The van der Waals surface area contributed by atoms with E-state index in [0.29, 0.717) is 12.1 Å². The van der Waals surface area contributed by atoms with Crippen LogP contribution in [0.3, 0.4) is 0 Å². The normalized spacial score (nSPS) is 10.9. The fraction of sp³-hybridized carbons (Fsp3) is 0.115. The number of nitrogens with one attached hydrogen (secondary N) is 2. The molecule has 0 aliphatic heterocycles. The Morgan fingerprint density at radius 3 is 2.70 bits per heavy atom. The van der Waals surface area contributed by atoms with Gasteiger partial charge in [-0.15, -0.1) is 0 Å². The van der Waals surface area contributed by atoms with Crippen LogP contribution in [-0.2, 0) is 6.42 Å². The number of methoxy groups -OCH3 is 1. The highest BCUT2D eigenvalue weighted by Gasteiger charge is 2.10. The summed E-state index contributed by atoms with van der Waals surface area (Å²) in [6.07, 6.45) is 2.55. The van der Waals surface area contributed by atoms with Crippen molar-refractivity contribution in [3.8, 4) is 5.75 Å². The fourth-order valence-corrected chi connectivity index (χ4v) is 4.54. The highest BCUT2D eigenvalue weighted by molar-refractivity contribution is 7.22. The number of hydrogen-bond acceptors (Lipinski definition) is 6. The van der Waals surface area contributed by atoms with E-state index >= 15 is 0 Å². The third kappa shape index (κ3) is 4.78. The summed E-state index contributed by atoms with van der Waals surface area (Å²) in [7, 11) is 1.65. The molecule has 0 unspecified atom stereocenters. The van der Waals surface area contributed by atoms with Gasteiger partial charge in [-0.3, -0.25) is 9.78 Å². The number of amides is 1. The number of benzene rings is 3. The molecule has 2 N–H and O–H groups in total. The quantitative estimate of drug-likeness (QED) is 0.336. The first-order valence-electron chi connectivity index (χ1n) is 10.6. The number of anilines is 2. The number of aromatic nitrogens is 2. The Morgan fingerprint density at radius 1 is 1.00 bits per heavy atom. The number of rotatable bonds is 7. The molecule has 1 amide bonds. The van der Waals surface area contributed by atoms with Crippen molar-refractivity contribution >= 4 is 49.2 Å². The second kappa shape index (κ2) is 9.26. The van der Waals surface area contributed by atoms with Crippen molar-refractivity contribution in [1.29, 1.82) is 0 Å². The van der Waals surface area contributed by atoms with E-state index in [2.05, 4.69) is 26.7 Å². The Labute approximate surface area is 195 Å². The molecule has 0 fully saturated rings. The first-order chi connectivity index (χ1) is 16.2. The summed E-state index contributed by atoms with van der Waals surface area (Å²) in [6, 6.07) is 23.5. The van der Waals surface area contributed by atoms with Crippen LogP contribution in [0.2, 0.25) is 0 Å². The van der Waals surface area contributed by atoms with Gasteiger partial charge in [0.05, 0.1) is 22.8 Å². The lowest BCUT2D eigenvalue weighted by Gasteiger charge is -2.06. The summed E-state index contributed by atoms with van der Waals surface area (Å²) in [5.74, 6) is 0.738. The molecule has 0 radical (unpaired) electrons. The van der Waals surface area contributed by atoms with Crippen molar-refractivity contribution in [2.24, 2.45) is 0 Å². The number of carbonyl (C=O) groups is 1. The van der Waals surface area contributed by atoms with E-state index in [-0.39, 0.29) is 5.91 Å². The Kier molecular flexibility index (Phi) is 5.87. The first-order valence-corrected chi connectivity index (χ1v) is 11.4. The number of nitrogens with zero attached hydrogens (tertiary/aromatic N) is 2. The van der Waals surface area contributed by atoms with Crippen LogP contribution >= 0.6 is 11.3 Å². The molecule has 164 valence electrons. The Bertz CT molecular complexity index is 1430. The minimum atomic E-state index is -0.0876. The summed E-state index contributed by atoms with van der Waals surface area (Å²) in [5.41, 5.74) is 4.54. The fourth-order valence-electron chi connectivity index (χ4n) is 3.61. The van der Waals surface area contributed by atoms with E-state index in [1.807, 2.05) is 66.7 Å². The SMILES string of the molecule is COc1ccc(CCNC(=O)c2ccc3nc(Nc4ccc5ncccc5c4)sc3c2)cc1. The molecule has 0 saturated heterocycles. The van der Waals surface area contributed by atoms with Gasteiger partial charge in [-0.2, -0.15) is 0 Å². The van der Waals surface area contributed by atoms with Gasteiger partial charge >= 0.3 is 0 Å². The van der Waals surface area contributed by atoms with Crippen LogP contribution in [-0.4, -0.2) is 29.5 Å². The first kappa shape index (κ1) is 20.9. The largest absolute Gasteiger partial charge is 0.497 e. The maximum atomic E-state index is 12.6. The number of hydrogen-bond donors (Lipinski definition) is 2. The highest BCUT2D eigenvalue weighted by atomic mass is 32.1. The molecule has 0 bridgehead atoms. The lowest BCUT2D eigenvalue weighted by molar-refractivity contribution is 0.0954. The molecule has 0 aliphatic carbocycles. The molecule has 5 rings (SSSR count). The second-order valence-corrected chi connectivity index (χ2v) is 8.62. The van der Waals surface area contributed by atoms with Gasteiger partial charge in [0.25, 0.3) is 5.91 Å². The molecule has 2 aromatic heterocycles. The van der Waals surface area contributed by atoms with Gasteiger partial charge in [0.15, 0.2) is 5.13 Å². The van der Waals surface area contributed by atoms with Crippen molar-refractivity contribution < 1.29 is 9.53 Å². The van der Waals surface area contributed by atoms with Crippen molar-refractivity contribution in [3.63, 3.8) is 0 Å². The summed E-state index contributed by atoms with van der Waals surface area (Å²) < 4.78 is 6.14. The smallest absolute Gasteiger partial charge is 0.251 e. The summed E-state index contributed by atoms with van der Waals surface area (Å²) >= 11 is 1.52. The van der Waals surface area contributed by atoms with Crippen molar-refractivity contribution in [1.82, 2.24) is 15.3 Å². The lowest BCUT2D eigenvalue weighted by atomic mass is 10.1. The maximum absolute atomic E-state index is 12.6. The van der Waals surface area contributed by atoms with Crippen LogP contribution in [0.15, 0.2) is 79.0 Å². The predicted molar refractivity (Wildman–Crippen MR) is 134 cm³/mol. The van der Waals surface area contributed by atoms with Crippen LogP contribution in [0.4, 0.5) is 10.8 Å². The summed E-state index contributed by atoms with van der Waals surface area (Å²) in [5, 5.41) is 8.21. The van der Waals surface area contributed by atoms with Crippen LogP contribution in [0.25, 0.3) is 21.1 Å². The Balaban J connectivity index is 1.24. The van der Waals surface area contributed by atoms with Gasteiger partial charge in [0.1, 0.15) is 5.75 Å². The molecule has 7 heteroatoms. The molecule has 0 atom stereocenters. The number of ether oxygens (including phenoxy) is 1. The van der Waals surface area contributed by atoms with E-state index in [0.717, 1.165) is 49.7 Å². The molecule has 5 aromatic rings. The zero-order valence-corrected chi connectivity index (χ0v) is 18.9. The lowest BCUT2D eigenvalue weighted by Crippen LogP contribution is -2.25. The third-order valence-corrected chi connectivity index (χ3v) is 6.30. The van der Waals surface area contributed by atoms with Gasteiger partial charge < -0.3 is 15.4 Å². The molecular weight excluding hydrogens is 432 g/mol. The number of thiazole rings is 1. The van der Waals surface area contributed by atoms with Crippen LogP contribution in [0.1, 0.15) is 15.9 Å². The van der Waals surface area contributed by atoms with Gasteiger partial charge in [-0.05, 0) is 66.6 Å². The van der Waals surface area contributed by atoms with Crippen molar-refractivity contribution in [3.05, 3.63) is 90.1 Å². The average Bonchev–Trinajstić information content (AvgIpc) is 3.25. The topological polar surface area (TPSA) is 76.1 Å². The minimum absolute atomic E-state index is 0.0876. The van der Waals surface area contributed by atoms with Gasteiger partial charge in [-0.25, -0.2) is 4.98 Å². The summed E-state index contributed by atoms with van der Waals surface area (Å²) in [6.45, 7) is 0.565. The monoisotopic (exact) mass is 454 g/mol. The Hall–Kier alpha value is -3.97. The van der Waals surface area contributed by atoms with Crippen LogP contribution in [0.5, 0.6) is 5.75 Å². The predicted octanol–water partition coefficient (Wildman–Crippen LogP) is 5.57. The molecule has 2 heterocycles. The van der Waals surface area contributed by atoms with E-state index < -0.39 is 0 Å². The Morgan fingerprint density at radius 2 is 1.85 bits per heavy atom. The van der Waals surface area contributed by atoms with E-state index in [4.69, 9.17) is 4.74 Å². The third-order valence-electron chi connectivity index (χ3n) is 5.36. The summed E-state index contributed by atoms with van der Waals surface area (Å²) in [4.78, 5) is 21.6. The minimum Gasteiger partial charge on any atom is -0.497 e. The molecule has 6 nitrogen and oxygen atoms in total. The number of fused-ring (bicyclic) bond motifs is 2. The standard InChI is InChI=1S/C26H22N4O2S/c1-32-21-8-4-17(5-9-21)12-14-28-25(31)19-6-10-23-24(16-19)33-26(30-23)29-20-7-11-22-18(15-20)3-2-13-27-22/h2-11,13,15-16H,12,14H2,1H3,(H,28,31)(H,29,30). The maximum Gasteiger partial charge on any atom is 0.251 e. The van der Waals surface area contributed by atoms with Crippen LogP contribution in [0, 0.1) is 0 Å². The molecule has 33 heavy (non-hydrogen) atoms. The van der Waals surface area contributed by atoms with Crippen LogP contribution < -0.4 is 15.4 Å². The zero-order chi connectivity index (χ0) is 22.6. The molecular formula is C26H22N4O2S. The van der Waals surface area contributed by atoms with Crippen molar-refractivity contribution in [2.45, 2.75) is 6.42 Å². The van der Waals surface area contributed by atoms with Gasteiger partial charge in [-0.1, -0.05) is 29.5 Å². The van der Waals surface area contributed by atoms with Gasteiger partial charge in [0.2, 0.25) is 0 Å². The molecule has 0 spiro atoms. The second-order valence-electron chi connectivity index (χ2n) is 7.59. The van der Waals surface area contributed by atoms with Gasteiger partial charge in [0, 0.05) is 29.4 Å². The molecule has 3 aromatic carbocycles.